The van der Waals surface area contributed by atoms with E-state index < -0.39 is 6.10 Å². The minimum Gasteiger partial charge on any atom is -0.391 e. The van der Waals surface area contributed by atoms with Gasteiger partial charge in [0.1, 0.15) is 0 Å². The molecule has 2 N–H and O–H groups in total. The Kier molecular flexibility index (Phi) is 7.08. The molecular formula is C20H32N2O4. The molecule has 0 bridgehead atoms. The van der Waals surface area contributed by atoms with Gasteiger partial charge in [0, 0.05) is 19.6 Å². The first-order valence-corrected chi connectivity index (χ1v) is 10.1. The molecule has 146 valence electrons. The van der Waals surface area contributed by atoms with Gasteiger partial charge in [-0.3, -0.25) is 9.59 Å². The Morgan fingerprint density at radius 1 is 1.08 bits per heavy atom. The number of rotatable bonds is 5. The summed E-state index contributed by atoms with van der Waals surface area (Å²) in [4.78, 5) is 27.4. The normalized spacial score (nSPS) is 28.6. The number of aliphatic hydroxyl groups excluding tert-OH is 1. The van der Waals surface area contributed by atoms with E-state index in [0.29, 0.717) is 51.6 Å². The summed E-state index contributed by atoms with van der Waals surface area (Å²) in [6.07, 6.45) is 10.4. The Labute approximate surface area is 156 Å². The van der Waals surface area contributed by atoms with Gasteiger partial charge in [-0.25, -0.2) is 0 Å². The van der Waals surface area contributed by atoms with Crippen molar-refractivity contribution in [3.05, 3.63) is 12.2 Å². The van der Waals surface area contributed by atoms with Gasteiger partial charge >= 0.3 is 0 Å². The highest BCUT2D eigenvalue weighted by Crippen LogP contribution is 2.29. The van der Waals surface area contributed by atoms with Crippen LogP contribution in [0.2, 0.25) is 0 Å². The summed E-state index contributed by atoms with van der Waals surface area (Å²) in [7, 11) is 0. The number of ether oxygens (including phenoxy) is 1. The number of aliphatic hydroxyl groups is 1. The third kappa shape index (κ3) is 4.86. The van der Waals surface area contributed by atoms with E-state index >= 15 is 0 Å². The van der Waals surface area contributed by atoms with Gasteiger partial charge in [0.25, 0.3) is 0 Å². The standard InChI is InChI=1S/C20H32N2O4/c23-18(15-6-2-1-3-7-15)14-21-19(24)16-8-4-5-9-17(16)20(25)22-10-12-26-13-11-22/h4-5,15-18,23H,1-3,6-14H2,(H,21,24)/t16-,17+,18-/m0/s1. The lowest BCUT2D eigenvalue weighted by atomic mass is 9.81. The first-order valence-electron chi connectivity index (χ1n) is 10.1. The van der Waals surface area contributed by atoms with E-state index in [1.807, 2.05) is 17.1 Å². The number of amides is 2. The lowest BCUT2D eigenvalue weighted by molar-refractivity contribution is -0.145. The first-order chi connectivity index (χ1) is 12.7. The fraction of sp³-hybridized carbons (Fsp3) is 0.800. The molecule has 1 saturated carbocycles. The van der Waals surface area contributed by atoms with Crippen molar-refractivity contribution in [1.29, 1.82) is 0 Å². The molecule has 3 atom stereocenters. The molecule has 0 spiro atoms. The van der Waals surface area contributed by atoms with Crippen molar-refractivity contribution in [3.8, 4) is 0 Å². The minimum atomic E-state index is -0.480. The maximum Gasteiger partial charge on any atom is 0.226 e. The van der Waals surface area contributed by atoms with Crippen molar-refractivity contribution in [2.24, 2.45) is 17.8 Å². The highest BCUT2D eigenvalue weighted by atomic mass is 16.5. The van der Waals surface area contributed by atoms with Crippen LogP contribution in [-0.2, 0) is 14.3 Å². The molecule has 1 aliphatic heterocycles. The van der Waals surface area contributed by atoms with E-state index in [-0.39, 0.29) is 23.7 Å². The van der Waals surface area contributed by atoms with Crippen LogP contribution in [0, 0.1) is 17.8 Å². The van der Waals surface area contributed by atoms with Crippen LogP contribution in [0.5, 0.6) is 0 Å². The van der Waals surface area contributed by atoms with Crippen LogP contribution in [0.3, 0.4) is 0 Å². The predicted octanol–water partition coefficient (Wildman–Crippen LogP) is 1.48. The molecular weight excluding hydrogens is 332 g/mol. The molecule has 3 rings (SSSR count). The second-order valence-electron chi connectivity index (χ2n) is 7.80. The summed E-state index contributed by atoms with van der Waals surface area (Å²) < 4.78 is 5.32. The Morgan fingerprint density at radius 3 is 2.42 bits per heavy atom. The smallest absolute Gasteiger partial charge is 0.226 e. The summed E-state index contributed by atoms with van der Waals surface area (Å²) >= 11 is 0. The summed E-state index contributed by atoms with van der Waals surface area (Å²) in [5.41, 5.74) is 0. The number of morpholine rings is 1. The fourth-order valence-corrected chi connectivity index (χ4v) is 4.42. The third-order valence-electron chi connectivity index (χ3n) is 6.09. The van der Waals surface area contributed by atoms with Gasteiger partial charge in [-0.05, 0) is 31.6 Å². The second-order valence-corrected chi connectivity index (χ2v) is 7.80. The summed E-state index contributed by atoms with van der Waals surface area (Å²) in [5, 5.41) is 13.3. The van der Waals surface area contributed by atoms with Crippen LogP contribution in [0.1, 0.15) is 44.9 Å². The molecule has 0 aromatic rings. The van der Waals surface area contributed by atoms with Crippen LogP contribution in [0.15, 0.2) is 12.2 Å². The molecule has 0 radical (unpaired) electrons. The van der Waals surface area contributed by atoms with E-state index in [1.54, 1.807) is 0 Å². The van der Waals surface area contributed by atoms with Gasteiger partial charge in [-0.1, -0.05) is 31.4 Å². The molecule has 0 unspecified atom stereocenters. The van der Waals surface area contributed by atoms with E-state index in [1.165, 1.54) is 19.3 Å². The SMILES string of the molecule is O=C(NC[C@H](O)C1CCCCC1)[C@H]1CC=CC[C@H]1C(=O)N1CCOCC1. The molecule has 3 aliphatic rings. The van der Waals surface area contributed by atoms with E-state index in [0.717, 1.165) is 12.8 Å². The number of hydrogen-bond acceptors (Lipinski definition) is 4. The zero-order valence-corrected chi connectivity index (χ0v) is 15.6. The number of nitrogens with zero attached hydrogens (tertiary/aromatic N) is 1. The van der Waals surface area contributed by atoms with Crippen molar-refractivity contribution in [2.45, 2.75) is 51.0 Å². The third-order valence-corrected chi connectivity index (χ3v) is 6.09. The number of carbonyl (C=O) groups is 2. The van der Waals surface area contributed by atoms with Crippen LogP contribution in [-0.4, -0.2) is 60.8 Å². The van der Waals surface area contributed by atoms with Crippen molar-refractivity contribution in [2.75, 3.05) is 32.8 Å². The molecule has 6 nitrogen and oxygen atoms in total. The number of hydrogen-bond donors (Lipinski definition) is 2. The van der Waals surface area contributed by atoms with Crippen LogP contribution in [0.4, 0.5) is 0 Å². The van der Waals surface area contributed by atoms with Crippen LogP contribution < -0.4 is 5.32 Å². The predicted molar refractivity (Wildman–Crippen MR) is 98.3 cm³/mol. The van der Waals surface area contributed by atoms with Crippen LogP contribution >= 0.6 is 0 Å². The Hall–Kier alpha value is -1.40. The largest absolute Gasteiger partial charge is 0.391 e. The number of carbonyl (C=O) groups excluding carboxylic acids is 2. The minimum absolute atomic E-state index is 0.0608. The molecule has 0 aromatic carbocycles. The second kappa shape index (κ2) is 9.51. The molecule has 2 aliphatic carbocycles. The number of allylic oxidation sites excluding steroid dienone is 2. The molecule has 2 amide bonds. The van der Waals surface area contributed by atoms with Gasteiger partial charge in [0.05, 0.1) is 31.2 Å². The molecule has 6 heteroatoms. The maximum absolute atomic E-state index is 12.9. The van der Waals surface area contributed by atoms with Crippen molar-refractivity contribution >= 4 is 11.8 Å². The molecule has 0 aromatic heterocycles. The Balaban J connectivity index is 1.53. The zero-order valence-electron chi connectivity index (χ0n) is 15.6. The summed E-state index contributed by atoms with van der Waals surface area (Å²) in [6, 6.07) is 0. The summed E-state index contributed by atoms with van der Waals surface area (Å²) in [6.45, 7) is 2.64. The van der Waals surface area contributed by atoms with E-state index in [2.05, 4.69) is 5.32 Å². The lowest BCUT2D eigenvalue weighted by Crippen LogP contribution is -2.49. The van der Waals surface area contributed by atoms with Crippen molar-refractivity contribution in [3.63, 3.8) is 0 Å². The monoisotopic (exact) mass is 364 g/mol. The summed E-state index contributed by atoms with van der Waals surface area (Å²) in [5.74, 6) is -0.388. The van der Waals surface area contributed by atoms with Gasteiger partial charge in [0.15, 0.2) is 0 Å². The van der Waals surface area contributed by atoms with Gasteiger partial charge in [0.2, 0.25) is 11.8 Å². The van der Waals surface area contributed by atoms with Gasteiger partial charge in [-0.2, -0.15) is 0 Å². The number of nitrogens with one attached hydrogen (secondary N) is 1. The van der Waals surface area contributed by atoms with E-state index in [4.69, 9.17) is 4.74 Å². The highest BCUT2D eigenvalue weighted by molar-refractivity contribution is 5.88. The molecule has 2 fully saturated rings. The topological polar surface area (TPSA) is 78.9 Å². The molecule has 1 saturated heterocycles. The van der Waals surface area contributed by atoms with Crippen molar-refractivity contribution in [1.82, 2.24) is 10.2 Å². The molecule has 26 heavy (non-hydrogen) atoms. The Morgan fingerprint density at radius 2 is 1.73 bits per heavy atom. The van der Waals surface area contributed by atoms with Crippen molar-refractivity contribution < 1.29 is 19.4 Å². The zero-order chi connectivity index (χ0) is 18.4. The molecule has 1 heterocycles. The lowest BCUT2D eigenvalue weighted by Gasteiger charge is -2.34. The maximum atomic E-state index is 12.9. The highest BCUT2D eigenvalue weighted by Gasteiger charge is 2.37. The van der Waals surface area contributed by atoms with Crippen LogP contribution in [0.25, 0.3) is 0 Å². The first kappa shape index (κ1) is 19.4. The Bertz CT molecular complexity index is 510. The van der Waals surface area contributed by atoms with E-state index in [9.17, 15) is 14.7 Å². The fourth-order valence-electron chi connectivity index (χ4n) is 4.42. The average Bonchev–Trinajstić information content (AvgIpc) is 2.72. The average molecular weight is 364 g/mol. The van der Waals surface area contributed by atoms with Gasteiger partial charge in [-0.15, -0.1) is 0 Å². The quantitative estimate of drug-likeness (QED) is 0.725. The van der Waals surface area contributed by atoms with Gasteiger partial charge < -0.3 is 20.1 Å².